The Bertz CT molecular complexity index is 686. The minimum Gasteiger partial charge on any atom is -0.478 e. The van der Waals surface area contributed by atoms with Gasteiger partial charge in [0, 0.05) is 18.0 Å². The SMILES string of the molecule is [2H]c1c([2H])c([2H])c(N/C=C(/C=C/C(=O)O)C(=O)OC)c([2H])c1[2H]. The molecule has 0 saturated heterocycles. The highest BCUT2D eigenvalue weighted by Gasteiger charge is 2.06. The zero-order valence-corrected chi connectivity index (χ0v) is 9.40. The highest BCUT2D eigenvalue weighted by Crippen LogP contribution is 2.07. The molecule has 0 amide bonds. The van der Waals surface area contributed by atoms with Crippen LogP contribution in [0.2, 0.25) is 0 Å². The van der Waals surface area contributed by atoms with Crippen LogP contribution in [0.25, 0.3) is 0 Å². The van der Waals surface area contributed by atoms with Crippen molar-refractivity contribution < 1.29 is 26.3 Å². The van der Waals surface area contributed by atoms with E-state index in [0.29, 0.717) is 6.08 Å². The summed E-state index contributed by atoms with van der Waals surface area (Å²) in [6.07, 6.45) is 2.65. The molecule has 2 N–H and O–H groups in total. The molecule has 1 aromatic rings. The Labute approximate surface area is 111 Å². The predicted octanol–water partition coefficient (Wildman–Crippen LogP) is 1.80. The summed E-state index contributed by atoms with van der Waals surface area (Å²) in [7, 11) is 1.09. The number of carboxylic acids is 1. The van der Waals surface area contributed by atoms with Gasteiger partial charge in [-0.3, -0.25) is 0 Å². The lowest BCUT2D eigenvalue weighted by Gasteiger charge is -2.03. The number of carbonyl (C=O) groups is 2. The van der Waals surface area contributed by atoms with Crippen LogP contribution >= 0.6 is 0 Å². The van der Waals surface area contributed by atoms with Gasteiger partial charge < -0.3 is 15.2 Å². The van der Waals surface area contributed by atoms with E-state index in [-0.39, 0.29) is 11.3 Å². The van der Waals surface area contributed by atoms with E-state index >= 15 is 0 Å². The number of hydrogen-bond donors (Lipinski definition) is 2. The van der Waals surface area contributed by atoms with Gasteiger partial charge in [0.1, 0.15) is 0 Å². The standard InChI is InChI=1S/C13H13NO4/c1-18-13(17)10(7-8-12(15)16)9-14-11-5-3-2-4-6-11/h2-9,14H,1H3,(H,15,16)/b8-7+,10-9-/i2D,3D,4D,5D,6D. The van der Waals surface area contributed by atoms with Crippen LogP contribution in [0.4, 0.5) is 5.69 Å². The lowest BCUT2D eigenvalue weighted by Crippen LogP contribution is -2.05. The zero-order valence-electron chi connectivity index (χ0n) is 14.4. The van der Waals surface area contributed by atoms with Crippen molar-refractivity contribution in [3.05, 3.63) is 54.1 Å². The molecule has 0 heterocycles. The first-order chi connectivity index (χ1) is 10.7. The van der Waals surface area contributed by atoms with Crippen molar-refractivity contribution in [3.8, 4) is 0 Å². The maximum absolute atomic E-state index is 11.5. The normalized spacial score (nSPS) is 15.2. The molecule has 1 aromatic carbocycles. The van der Waals surface area contributed by atoms with Crippen molar-refractivity contribution >= 4 is 17.6 Å². The maximum atomic E-state index is 11.5. The van der Waals surface area contributed by atoms with Gasteiger partial charge in [-0.1, -0.05) is 18.1 Å². The lowest BCUT2D eigenvalue weighted by atomic mass is 10.2. The van der Waals surface area contributed by atoms with Gasteiger partial charge >= 0.3 is 11.9 Å². The van der Waals surface area contributed by atoms with Crippen LogP contribution in [-0.2, 0) is 14.3 Å². The Kier molecular flexibility index (Phi) is 2.95. The van der Waals surface area contributed by atoms with Gasteiger partial charge in [0.2, 0.25) is 0 Å². The third kappa shape index (κ3) is 4.52. The number of ether oxygens (including phenoxy) is 1. The molecule has 0 radical (unpaired) electrons. The first-order valence-corrected chi connectivity index (χ1v) is 4.73. The number of anilines is 1. The Morgan fingerprint density at radius 2 is 2.00 bits per heavy atom. The molecule has 0 aliphatic rings. The molecule has 0 aliphatic heterocycles. The van der Waals surface area contributed by atoms with E-state index in [2.05, 4.69) is 10.1 Å². The van der Waals surface area contributed by atoms with Crippen molar-refractivity contribution in [1.82, 2.24) is 0 Å². The minimum absolute atomic E-state index is 0.207. The summed E-state index contributed by atoms with van der Waals surface area (Å²) in [6.45, 7) is 0. The summed E-state index contributed by atoms with van der Waals surface area (Å²) in [6, 6.07) is -2.60. The van der Waals surface area contributed by atoms with Crippen LogP contribution in [-0.4, -0.2) is 24.2 Å². The number of carboxylic acid groups (broad SMARTS) is 1. The molecular weight excluding hydrogens is 234 g/mol. The fraction of sp³-hybridized carbons (Fsp3) is 0.0769. The topological polar surface area (TPSA) is 75.6 Å². The molecule has 0 saturated carbocycles. The average molecular weight is 252 g/mol. The van der Waals surface area contributed by atoms with Crippen molar-refractivity contribution in [3.63, 3.8) is 0 Å². The Morgan fingerprint density at radius 3 is 2.56 bits per heavy atom. The molecule has 0 aromatic heterocycles. The molecular formula is C13H13NO4. The van der Waals surface area contributed by atoms with E-state index in [1.165, 1.54) is 0 Å². The third-order valence-corrected chi connectivity index (χ3v) is 1.70. The number of para-hydroxylation sites is 1. The fourth-order valence-electron chi connectivity index (χ4n) is 0.926. The van der Waals surface area contributed by atoms with Gasteiger partial charge in [-0.05, 0) is 18.2 Å². The summed E-state index contributed by atoms with van der Waals surface area (Å²) < 4.78 is 42.4. The first-order valence-electron chi connectivity index (χ1n) is 7.23. The average Bonchev–Trinajstić information content (AvgIpc) is 2.52. The molecule has 0 spiro atoms. The lowest BCUT2D eigenvalue weighted by molar-refractivity contribution is -0.135. The number of nitrogens with one attached hydrogen (secondary N) is 1. The van der Waals surface area contributed by atoms with Crippen molar-refractivity contribution in [2.75, 3.05) is 12.4 Å². The van der Waals surface area contributed by atoms with Crippen LogP contribution < -0.4 is 5.32 Å². The molecule has 94 valence electrons. The number of rotatable bonds is 5. The highest BCUT2D eigenvalue weighted by molar-refractivity contribution is 5.94. The first kappa shape index (κ1) is 7.71. The summed E-state index contributed by atoms with van der Waals surface area (Å²) in [5.74, 6) is -2.15. The largest absolute Gasteiger partial charge is 0.478 e. The van der Waals surface area contributed by atoms with Gasteiger partial charge in [-0.25, -0.2) is 9.59 Å². The van der Waals surface area contributed by atoms with E-state index in [1.807, 2.05) is 0 Å². The molecule has 0 fully saturated rings. The summed E-state index contributed by atoms with van der Waals surface area (Å²) in [5, 5.41) is 11.0. The second kappa shape index (κ2) is 6.90. The monoisotopic (exact) mass is 252 g/mol. The quantitative estimate of drug-likeness (QED) is 0.475. The maximum Gasteiger partial charge on any atom is 0.339 e. The van der Waals surface area contributed by atoms with Crippen LogP contribution in [0.3, 0.4) is 0 Å². The Morgan fingerprint density at radius 1 is 1.33 bits per heavy atom. The number of esters is 1. The minimum atomic E-state index is -1.29. The molecule has 0 aliphatic carbocycles. The van der Waals surface area contributed by atoms with Crippen molar-refractivity contribution in [1.29, 1.82) is 0 Å². The second-order valence-corrected chi connectivity index (χ2v) is 2.91. The van der Waals surface area contributed by atoms with Crippen molar-refractivity contribution in [2.45, 2.75) is 0 Å². The molecule has 1 rings (SSSR count). The third-order valence-electron chi connectivity index (χ3n) is 1.70. The highest BCUT2D eigenvalue weighted by atomic mass is 16.5. The van der Waals surface area contributed by atoms with Gasteiger partial charge in [0.15, 0.2) is 0 Å². The van der Waals surface area contributed by atoms with Crippen LogP contribution in [0.15, 0.2) is 54.1 Å². The van der Waals surface area contributed by atoms with E-state index in [1.54, 1.807) is 0 Å². The molecule has 0 atom stereocenters. The number of benzene rings is 1. The predicted molar refractivity (Wildman–Crippen MR) is 66.9 cm³/mol. The second-order valence-electron chi connectivity index (χ2n) is 2.91. The Balaban J connectivity index is 3.29. The smallest absolute Gasteiger partial charge is 0.339 e. The summed E-state index contributed by atoms with van der Waals surface area (Å²) in [5.41, 5.74) is -0.456. The Hall–Kier alpha value is -2.56. The van der Waals surface area contributed by atoms with E-state index in [9.17, 15) is 9.59 Å². The molecule has 0 bridgehead atoms. The van der Waals surface area contributed by atoms with E-state index in [4.69, 9.17) is 12.0 Å². The van der Waals surface area contributed by atoms with E-state index < -0.39 is 42.2 Å². The summed E-state index contributed by atoms with van der Waals surface area (Å²) in [4.78, 5) is 22.0. The summed E-state index contributed by atoms with van der Waals surface area (Å²) >= 11 is 0. The molecule has 5 nitrogen and oxygen atoms in total. The van der Waals surface area contributed by atoms with E-state index in [0.717, 1.165) is 19.4 Å². The number of carbonyl (C=O) groups excluding carboxylic acids is 1. The van der Waals surface area contributed by atoms with Crippen LogP contribution in [0.1, 0.15) is 6.85 Å². The van der Waals surface area contributed by atoms with Crippen LogP contribution in [0.5, 0.6) is 0 Å². The van der Waals surface area contributed by atoms with Gasteiger partial charge in [-0.15, -0.1) is 0 Å². The van der Waals surface area contributed by atoms with Crippen molar-refractivity contribution in [2.24, 2.45) is 0 Å². The van der Waals surface area contributed by atoms with Gasteiger partial charge in [-0.2, -0.15) is 0 Å². The molecule has 5 heteroatoms. The number of aliphatic carboxylic acids is 1. The number of methoxy groups -OCH3 is 1. The fourth-order valence-corrected chi connectivity index (χ4v) is 0.926. The van der Waals surface area contributed by atoms with Crippen LogP contribution in [0, 0.1) is 0 Å². The zero-order chi connectivity index (χ0) is 17.7. The van der Waals surface area contributed by atoms with Gasteiger partial charge in [0.25, 0.3) is 0 Å². The molecule has 0 unspecified atom stereocenters. The number of hydrogen-bond acceptors (Lipinski definition) is 4. The van der Waals surface area contributed by atoms with Gasteiger partial charge in [0.05, 0.1) is 19.5 Å². The molecule has 18 heavy (non-hydrogen) atoms.